The number of hydrogen-bond acceptors (Lipinski definition) is 3. The molecule has 3 aromatic rings. The van der Waals surface area contributed by atoms with E-state index in [1.54, 1.807) is 0 Å². The first kappa shape index (κ1) is 20.9. The molecule has 0 bridgehead atoms. The molecule has 1 aliphatic rings. The van der Waals surface area contributed by atoms with Gasteiger partial charge < -0.3 is 15.6 Å². The zero-order valence-electron chi connectivity index (χ0n) is 17.7. The van der Waals surface area contributed by atoms with Crippen molar-refractivity contribution >= 4 is 7.85 Å². The third kappa shape index (κ3) is 3.83. The van der Waals surface area contributed by atoms with Crippen molar-refractivity contribution in [1.29, 1.82) is 0 Å². The lowest BCUT2D eigenvalue weighted by Crippen LogP contribution is -2.42. The second-order valence-electron chi connectivity index (χ2n) is 8.55. The first-order valence-electron chi connectivity index (χ1n) is 10.8. The van der Waals surface area contributed by atoms with E-state index < -0.39 is 5.54 Å². The smallest absolute Gasteiger partial charge is 0.140 e. The normalized spacial score (nSPS) is 24.5. The van der Waals surface area contributed by atoms with Gasteiger partial charge in [0.1, 0.15) is 7.85 Å². The molecule has 3 aromatic carbocycles. The molecule has 1 saturated heterocycles. The van der Waals surface area contributed by atoms with E-state index in [4.69, 9.17) is 10.5 Å². The summed E-state index contributed by atoms with van der Waals surface area (Å²) in [4.78, 5) is 0. The topological polar surface area (TPSA) is 55.5 Å². The van der Waals surface area contributed by atoms with Crippen LogP contribution in [0.5, 0.6) is 0 Å². The molecule has 30 heavy (non-hydrogen) atoms. The Bertz CT molecular complexity index is 924. The average Bonchev–Trinajstić information content (AvgIpc) is 2.81. The predicted octanol–water partition coefficient (Wildman–Crippen LogP) is 3.40. The Hall–Kier alpha value is -2.40. The van der Waals surface area contributed by atoms with Crippen LogP contribution in [-0.2, 0) is 10.3 Å². The molecule has 0 aromatic heterocycles. The molecule has 4 heteroatoms. The van der Waals surface area contributed by atoms with Crippen LogP contribution < -0.4 is 5.73 Å². The van der Waals surface area contributed by atoms with Gasteiger partial charge in [-0.15, -0.1) is 0 Å². The van der Waals surface area contributed by atoms with E-state index in [0.29, 0.717) is 5.92 Å². The van der Waals surface area contributed by atoms with Gasteiger partial charge in [-0.1, -0.05) is 91.9 Å². The Labute approximate surface area is 180 Å². The standard InChI is InChI=1S/C26H30BNO2/c1-18-15-23(25(27)30-24(18)17-29)19-9-8-14-22(16-19)26(28,20-10-4-2-5-11-20)21-12-6-3-7-13-21/h2-14,16,18,23-25,29H,15,17,27-28H2,1H3/t18-,23?,24+,25+/m0/s1. The molecule has 0 radical (unpaired) electrons. The van der Waals surface area contributed by atoms with Crippen molar-refractivity contribution in [3.8, 4) is 0 Å². The van der Waals surface area contributed by atoms with Gasteiger partial charge in [-0.3, -0.25) is 0 Å². The van der Waals surface area contributed by atoms with Gasteiger partial charge in [-0.05, 0) is 34.6 Å². The lowest BCUT2D eigenvalue weighted by Gasteiger charge is -2.39. The van der Waals surface area contributed by atoms with Crippen molar-refractivity contribution in [1.82, 2.24) is 0 Å². The van der Waals surface area contributed by atoms with E-state index in [1.807, 2.05) is 36.4 Å². The zero-order chi connectivity index (χ0) is 21.1. The zero-order valence-corrected chi connectivity index (χ0v) is 17.7. The van der Waals surface area contributed by atoms with Gasteiger partial charge in [0.25, 0.3) is 0 Å². The summed E-state index contributed by atoms with van der Waals surface area (Å²) in [6, 6.07) is 29.3. The van der Waals surface area contributed by atoms with Crippen LogP contribution in [0.25, 0.3) is 0 Å². The summed E-state index contributed by atoms with van der Waals surface area (Å²) in [5, 5.41) is 9.60. The molecule has 3 nitrogen and oxygen atoms in total. The molecule has 3 N–H and O–H groups in total. The number of benzene rings is 3. The number of ether oxygens (including phenoxy) is 1. The molecule has 4 rings (SSSR count). The summed E-state index contributed by atoms with van der Waals surface area (Å²) in [6.45, 7) is 2.23. The van der Waals surface area contributed by atoms with Gasteiger partial charge in [-0.25, -0.2) is 0 Å². The highest BCUT2D eigenvalue weighted by atomic mass is 16.5. The van der Waals surface area contributed by atoms with Crippen LogP contribution in [0.3, 0.4) is 0 Å². The fourth-order valence-corrected chi connectivity index (χ4v) is 4.80. The Kier molecular flexibility index (Phi) is 6.10. The molecular formula is C26H30BNO2. The summed E-state index contributed by atoms with van der Waals surface area (Å²) < 4.78 is 6.13. The van der Waals surface area contributed by atoms with Crippen LogP contribution in [0.4, 0.5) is 0 Å². The maximum Gasteiger partial charge on any atom is 0.140 e. The van der Waals surface area contributed by atoms with Crippen molar-refractivity contribution < 1.29 is 9.84 Å². The van der Waals surface area contributed by atoms with Gasteiger partial charge in [-0.2, -0.15) is 0 Å². The van der Waals surface area contributed by atoms with Crippen LogP contribution >= 0.6 is 0 Å². The number of nitrogens with two attached hydrogens (primary N) is 1. The lowest BCUT2D eigenvalue weighted by molar-refractivity contribution is -0.0779. The van der Waals surface area contributed by atoms with Crippen LogP contribution in [0, 0.1) is 5.92 Å². The fourth-order valence-electron chi connectivity index (χ4n) is 4.80. The number of aliphatic hydroxyl groups excluding tert-OH is 1. The first-order chi connectivity index (χ1) is 14.5. The Morgan fingerprint density at radius 3 is 2.07 bits per heavy atom. The maximum atomic E-state index is 9.60. The number of rotatable bonds is 5. The monoisotopic (exact) mass is 399 g/mol. The highest BCUT2D eigenvalue weighted by molar-refractivity contribution is 6.11. The molecule has 1 fully saturated rings. The third-order valence-electron chi connectivity index (χ3n) is 6.62. The summed E-state index contributed by atoms with van der Waals surface area (Å²) >= 11 is 0. The van der Waals surface area contributed by atoms with Crippen LogP contribution in [0.1, 0.15) is 41.5 Å². The van der Waals surface area contributed by atoms with Crippen LogP contribution in [0.15, 0.2) is 84.9 Å². The minimum atomic E-state index is -0.740. The molecule has 0 saturated carbocycles. The quantitative estimate of drug-likeness (QED) is 0.511. The summed E-state index contributed by atoms with van der Waals surface area (Å²) in [6.07, 6.45) is 0.908. The van der Waals surface area contributed by atoms with Gasteiger partial charge in [0.2, 0.25) is 0 Å². The van der Waals surface area contributed by atoms with E-state index in [-0.39, 0.29) is 24.6 Å². The number of aliphatic hydroxyl groups is 1. The lowest BCUT2D eigenvalue weighted by atomic mass is 9.72. The molecule has 0 amide bonds. The van der Waals surface area contributed by atoms with E-state index in [2.05, 4.69) is 63.3 Å². The van der Waals surface area contributed by atoms with Crippen molar-refractivity contribution in [2.45, 2.75) is 36.9 Å². The molecule has 0 aliphatic carbocycles. The van der Waals surface area contributed by atoms with Crippen molar-refractivity contribution in [2.24, 2.45) is 11.7 Å². The van der Waals surface area contributed by atoms with Crippen molar-refractivity contribution in [3.63, 3.8) is 0 Å². The van der Waals surface area contributed by atoms with Gasteiger partial charge in [0.05, 0.1) is 18.2 Å². The van der Waals surface area contributed by atoms with E-state index in [1.165, 1.54) is 5.56 Å². The second kappa shape index (κ2) is 8.77. The SMILES string of the molecule is B[C@@H]1O[C@H](CO)[C@@H](C)CC1c1cccc(C(N)(c2ccccc2)c2ccccc2)c1. The fraction of sp³-hybridized carbons (Fsp3) is 0.308. The average molecular weight is 399 g/mol. The van der Waals surface area contributed by atoms with Gasteiger partial charge in [0, 0.05) is 11.9 Å². The van der Waals surface area contributed by atoms with E-state index >= 15 is 0 Å². The summed E-state index contributed by atoms with van der Waals surface area (Å²) in [5.74, 6) is 0.587. The Morgan fingerprint density at radius 2 is 1.50 bits per heavy atom. The van der Waals surface area contributed by atoms with Crippen LogP contribution in [-0.4, -0.2) is 31.7 Å². The highest BCUT2D eigenvalue weighted by Gasteiger charge is 2.36. The second-order valence-corrected chi connectivity index (χ2v) is 8.55. The summed E-state index contributed by atoms with van der Waals surface area (Å²) in [5.41, 5.74) is 10.9. The molecule has 1 heterocycles. The predicted molar refractivity (Wildman–Crippen MR) is 124 cm³/mol. The molecule has 4 atom stereocenters. The molecular weight excluding hydrogens is 369 g/mol. The Morgan fingerprint density at radius 1 is 0.933 bits per heavy atom. The van der Waals surface area contributed by atoms with Crippen molar-refractivity contribution in [2.75, 3.05) is 6.61 Å². The first-order valence-corrected chi connectivity index (χ1v) is 10.8. The van der Waals surface area contributed by atoms with Gasteiger partial charge >= 0.3 is 0 Å². The minimum absolute atomic E-state index is 0.0502. The highest BCUT2D eigenvalue weighted by Crippen LogP contribution is 2.39. The van der Waals surface area contributed by atoms with E-state index in [9.17, 15) is 5.11 Å². The molecule has 1 unspecified atom stereocenters. The largest absolute Gasteiger partial charge is 0.394 e. The minimum Gasteiger partial charge on any atom is -0.394 e. The summed E-state index contributed by atoms with van der Waals surface area (Å²) in [7, 11) is 2.11. The number of hydrogen-bond donors (Lipinski definition) is 2. The van der Waals surface area contributed by atoms with E-state index in [0.717, 1.165) is 23.1 Å². The third-order valence-corrected chi connectivity index (χ3v) is 6.62. The molecule has 154 valence electrons. The maximum absolute atomic E-state index is 9.60. The van der Waals surface area contributed by atoms with Crippen LogP contribution in [0.2, 0.25) is 0 Å². The Balaban J connectivity index is 1.77. The van der Waals surface area contributed by atoms with Crippen molar-refractivity contribution in [3.05, 3.63) is 107 Å². The molecule has 0 spiro atoms. The molecule has 1 aliphatic heterocycles. The van der Waals surface area contributed by atoms with Gasteiger partial charge in [0.15, 0.2) is 0 Å².